The molecule has 0 aromatic heterocycles. The molecule has 0 amide bonds. The lowest BCUT2D eigenvalue weighted by Crippen LogP contribution is -2.11. The third-order valence-electron chi connectivity index (χ3n) is 2.60. The van der Waals surface area contributed by atoms with Gasteiger partial charge in [0.2, 0.25) is 11.6 Å². The van der Waals surface area contributed by atoms with Crippen LogP contribution in [0, 0.1) is 0 Å². The van der Waals surface area contributed by atoms with Crippen LogP contribution < -0.4 is 0 Å². The van der Waals surface area contributed by atoms with E-state index < -0.39 is 11.6 Å². The van der Waals surface area contributed by atoms with Gasteiger partial charge in [0, 0.05) is 16.5 Å². The predicted octanol–water partition coefficient (Wildman–Crippen LogP) is 3.41. The van der Waals surface area contributed by atoms with E-state index in [9.17, 15) is 9.59 Å². The number of benzene rings is 2. The molecule has 2 rings (SSSR count). The number of rotatable bonds is 4. The molecule has 0 atom stereocenters. The summed E-state index contributed by atoms with van der Waals surface area (Å²) in [5.41, 5.74) is 1.19. The molecular formula is C16H12O2S. The van der Waals surface area contributed by atoms with Crippen LogP contribution in [-0.2, 0) is 4.79 Å². The minimum absolute atomic E-state index is 0.387. The number of carbonyl (C=O) groups is 2. The van der Waals surface area contributed by atoms with Crippen LogP contribution in [0.25, 0.3) is 4.91 Å². The highest BCUT2D eigenvalue weighted by Crippen LogP contribution is 2.18. The van der Waals surface area contributed by atoms with Crippen molar-refractivity contribution in [2.24, 2.45) is 0 Å². The van der Waals surface area contributed by atoms with E-state index in [0.29, 0.717) is 10.5 Å². The van der Waals surface area contributed by atoms with Crippen molar-refractivity contribution in [3.05, 3.63) is 77.9 Å². The van der Waals surface area contributed by atoms with E-state index in [0.717, 1.165) is 5.56 Å². The van der Waals surface area contributed by atoms with Gasteiger partial charge in [0.1, 0.15) is 0 Å². The quantitative estimate of drug-likeness (QED) is 0.399. The van der Waals surface area contributed by atoms with Crippen molar-refractivity contribution in [2.75, 3.05) is 0 Å². The molecule has 0 spiro atoms. The summed E-state index contributed by atoms with van der Waals surface area (Å²) in [5, 5.41) is 0. The van der Waals surface area contributed by atoms with E-state index >= 15 is 0 Å². The highest BCUT2D eigenvalue weighted by molar-refractivity contribution is 7.90. The summed E-state index contributed by atoms with van der Waals surface area (Å²) in [6.45, 7) is 0. The number of thiol groups is 1. The van der Waals surface area contributed by atoms with Gasteiger partial charge in [0.25, 0.3) is 0 Å². The van der Waals surface area contributed by atoms with Crippen LogP contribution in [0.3, 0.4) is 0 Å². The van der Waals surface area contributed by atoms with Crippen molar-refractivity contribution in [3.8, 4) is 0 Å². The second-order valence-electron chi connectivity index (χ2n) is 3.96. The molecule has 0 bridgehead atoms. The number of Topliss-reactive ketones (excluding diaryl/α,β-unsaturated/α-hetero) is 1. The zero-order valence-electron chi connectivity index (χ0n) is 10.1. The molecule has 2 aromatic rings. The molecule has 2 aromatic carbocycles. The van der Waals surface area contributed by atoms with Crippen LogP contribution in [0.4, 0.5) is 0 Å². The van der Waals surface area contributed by atoms with Crippen molar-refractivity contribution < 1.29 is 9.59 Å². The number of hydrogen-bond acceptors (Lipinski definition) is 3. The Morgan fingerprint density at radius 2 is 1.26 bits per heavy atom. The van der Waals surface area contributed by atoms with Crippen molar-refractivity contribution >= 4 is 29.1 Å². The van der Waals surface area contributed by atoms with Gasteiger partial charge in [0.15, 0.2) is 0 Å². The van der Waals surface area contributed by atoms with Gasteiger partial charge in [-0.05, 0) is 5.56 Å². The summed E-state index contributed by atoms with van der Waals surface area (Å²) in [4.78, 5) is 24.2. The minimum Gasteiger partial charge on any atom is -0.286 e. The summed E-state index contributed by atoms with van der Waals surface area (Å²) >= 11 is 4.25. The van der Waals surface area contributed by atoms with Gasteiger partial charge in [-0.3, -0.25) is 9.59 Å². The van der Waals surface area contributed by atoms with E-state index in [-0.39, 0.29) is 0 Å². The molecule has 0 heterocycles. The van der Waals surface area contributed by atoms with Gasteiger partial charge < -0.3 is 0 Å². The Kier molecular flexibility index (Phi) is 4.31. The van der Waals surface area contributed by atoms with Gasteiger partial charge in [-0.15, -0.1) is 12.6 Å². The average Bonchev–Trinajstić information content (AvgIpc) is 2.48. The Hall–Kier alpha value is -2.13. The molecule has 0 N–H and O–H groups in total. The molecule has 0 fully saturated rings. The highest BCUT2D eigenvalue weighted by atomic mass is 32.1. The molecule has 94 valence electrons. The zero-order chi connectivity index (χ0) is 13.7. The predicted molar refractivity (Wildman–Crippen MR) is 79.2 cm³/mol. The molecule has 0 radical (unpaired) electrons. The Morgan fingerprint density at radius 1 is 0.789 bits per heavy atom. The lowest BCUT2D eigenvalue weighted by atomic mass is 10.1. The first kappa shape index (κ1) is 13.3. The lowest BCUT2D eigenvalue weighted by molar-refractivity contribution is -0.110. The van der Waals surface area contributed by atoms with Crippen molar-refractivity contribution in [1.82, 2.24) is 0 Å². The smallest absolute Gasteiger partial charge is 0.232 e. The second kappa shape index (κ2) is 6.16. The zero-order valence-corrected chi connectivity index (χ0v) is 11.0. The topological polar surface area (TPSA) is 34.1 Å². The monoisotopic (exact) mass is 268 g/mol. The normalized spacial score (nSPS) is 11.1. The summed E-state index contributed by atoms with van der Waals surface area (Å²) in [6, 6.07) is 17.7. The number of allylic oxidation sites excluding steroid dienone is 1. The molecule has 0 saturated heterocycles. The van der Waals surface area contributed by atoms with Crippen LogP contribution in [0.5, 0.6) is 0 Å². The van der Waals surface area contributed by atoms with Gasteiger partial charge >= 0.3 is 0 Å². The molecule has 0 aliphatic heterocycles. The SMILES string of the molecule is O=C(/C=C(\S)c1ccccc1)C(=O)c1ccccc1. The first-order valence-electron chi connectivity index (χ1n) is 5.78. The van der Waals surface area contributed by atoms with E-state index in [1.165, 1.54) is 6.08 Å². The van der Waals surface area contributed by atoms with Crippen LogP contribution >= 0.6 is 12.6 Å². The third-order valence-corrected chi connectivity index (χ3v) is 2.98. The Labute approximate surface area is 117 Å². The fourth-order valence-corrected chi connectivity index (χ4v) is 1.88. The first-order valence-corrected chi connectivity index (χ1v) is 6.23. The minimum atomic E-state index is -0.569. The van der Waals surface area contributed by atoms with Crippen molar-refractivity contribution in [1.29, 1.82) is 0 Å². The molecule has 0 unspecified atom stereocenters. The van der Waals surface area contributed by atoms with E-state index in [1.54, 1.807) is 30.3 Å². The fourth-order valence-electron chi connectivity index (χ4n) is 1.61. The van der Waals surface area contributed by atoms with Crippen LogP contribution in [0.1, 0.15) is 15.9 Å². The van der Waals surface area contributed by atoms with Crippen molar-refractivity contribution in [3.63, 3.8) is 0 Å². The summed E-state index contributed by atoms with van der Waals surface area (Å²) in [6.07, 6.45) is 1.26. The maximum Gasteiger partial charge on any atom is 0.232 e. The van der Waals surface area contributed by atoms with E-state index in [4.69, 9.17) is 0 Å². The number of hydrogen-bond donors (Lipinski definition) is 1. The summed E-state index contributed by atoms with van der Waals surface area (Å²) < 4.78 is 0. The lowest BCUT2D eigenvalue weighted by Gasteiger charge is -2.00. The number of ketones is 2. The van der Waals surface area contributed by atoms with Gasteiger partial charge in [0.05, 0.1) is 0 Å². The maximum atomic E-state index is 11.9. The fraction of sp³-hybridized carbons (Fsp3) is 0. The van der Waals surface area contributed by atoms with Crippen LogP contribution in [0.15, 0.2) is 66.7 Å². The Morgan fingerprint density at radius 3 is 1.79 bits per heavy atom. The number of carbonyl (C=O) groups excluding carboxylic acids is 2. The highest BCUT2D eigenvalue weighted by Gasteiger charge is 2.13. The molecule has 0 aliphatic rings. The Balaban J connectivity index is 2.20. The maximum absolute atomic E-state index is 11.9. The third kappa shape index (κ3) is 3.42. The van der Waals surface area contributed by atoms with E-state index in [2.05, 4.69) is 12.6 Å². The molecule has 2 nitrogen and oxygen atoms in total. The second-order valence-corrected chi connectivity index (χ2v) is 4.44. The standard InChI is InChI=1S/C16H12O2S/c17-14(16(18)13-9-5-2-6-10-13)11-15(19)12-7-3-1-4-8-12/h1-11,19H/b15-11-. The van der Waals surface area contributed by atoms with Crippen LogP contribution in [-0.4, -0.2) is 11.6 Å². The molecular weight excluding hydrogens is 256 g/mol. The van der Waals surface area contributed by atoms with Gasteiger partial charge in [-0.1, -0.05) is 60.7 Å². The van der Waals surface area contributed by atoms with Gasteiger partial charge in [-0.2, -0.15) is 0 Å². The first-order chi connectivity index (χ1) is 9.18. The average molecular weight is 268 g/mol. The van der Waals surface area contributed by atoms with Crippen molar-refractivity contribution in [2.45, 2.75) is 0 Å². The largest absolute Gasteiger partial charge is 0.286 e. The molecule has 3 heteroatoms. The Bertz CT molecular complexity index is 616. The molecule has 0 aliphatic carbocycles. The van der Waals surface area contributed by atoms with E-state index in [1.807, 2.05) is 30.3 Å². The molecule has 0 saturated carbocycles. The summed E-state index contributed by atoms with van der Waals surface area (Å²) in [7, 11) is 0. The van der Waals surface area contributed by atoms with Crippen LogP contribution in [0.2, 0.25) is 0 Å². The summed E-state index contributed by atoms with van der Waals surface area (Å²) in [5.74, 6) is -1.09. The van der Waals surface area contributed by atoms with Gasteiger partial charge in [-0.25, -0.2) is 0 Å². The molecule has 19 heavy (non-hydrogen) atoms.